The van der Waals surface area contributed by atoms with Crippen LogP contribution in [0.25, 0.3) is 0 Å². The number of aliphatic hydroxyl groups is 6. The van der Waals surface area contributed by atoms with E-state index in [-0.39, 0.29) is 77.3 Å². The topological polar surface area (TPSA) is 307 Å². The van der Waals surface area contributed by atoms with Crippen LogP contribution in [-0.2, 0) is 49.3 Å². The highest BCUT2D eigenvalue weighted by atomic mass is 16.7. The Morgan fingerprint density at radius 2 is 1.36 bits per heavy atom. The lowest BCUT2D eigenvalue weighted by atomic mass is 9.99. The number of hydrogen-bond donors (Lipinski definition) is 11. The number of hydrazine groups is 1. The predicted molar refractivity (Wildman–Crippen MR) is 202 cm³/mol. The molecule has 2 aliphatic heterocycles. The smallest absolute Gasteiger partial charge is 0.234 e. The van der Waals surface area contributed by atoms with Crippen LogP contribution in [0.4, 0.5) is 0 Å². The number of amides is 4. The maximum Gasteiger partial charge on any atom is 0.234 e. The number of aldehydes is 1. The van der Waals surface area contributed by atoms with Gasteiger partial charge in [0.05, 0.1) is 57.7 Å². The number of ether oxygens (including phenoxy) is 4. The summed E-state index contributed by atoms with van der Waals surface area (Å²) in [5, 5.41) is 67.3. The molecular weight excluding hydrogens is 768 g/mol. The van der Waals surface area contributed by atoms with Crippen molar-refractivity contribution < 1.29 is 73.6 Å². The van der Waals surface area contributed by atoms with Gasteiger partial charge >= 0.3 is 0 Å². The van der Waals surface area contributed by atoms with Crippen LogP contribution in [0.2, 0.25) is 0 Å². The summed E-state index contributed by atoms with van der Waals surface area (Å²) in [7, 11) is 0. The van der Waals surface area contributed by atoms with Crippen molar-refractivity contribution >= 4 is 29.9 Å². The summed E-state index contributed by atoms with van der Waals surface area (Å²) in [6.07, 6.45) is -7.77. The van der Waals surface area contributed by atoms with Gasteiger partial charge in [0.25, 0.3) is 0 Å². The Labute approximate surface area is 336 Å². The van der Waals surface area contributed by atoms with Gasteiger partial charge in [0.15, 0.2) is 12.6 Å². The van der Waals surface area contributed by atoms with Gasteiger partial charge in [0.1, 0.15) is 36.8 Å². The minimum Gasteiger partial charge on any atom is -0.394 e. The molecule has 0 radical (unpaired) electrons. The molecule has 2 heterocycles. The monoisotopic (exact) mass is 828 g/mol. The van der Waals surface area contributed by atoms with Gasteiger partial charge in [-0.25, -0.2) is 5.43 Å². The molecule has 4 amide bonds. The van der Waals surface area contributed by atoms with Gasteiger partial charge in [-0.3, -0.25) is 29.5 Å². The van der Waals surface area contributed by atoms with Crippen LogP contribution in [0.5, 0.6) is 0 Å². The summed E-state index contributed by atoms with van der Waals surface area (Å²) in [4.78, 5) is 63.4. The standard InChI is InChI=1S/C37H60N6O15/c1-23-16-26(46)32(51)36(57-23)55-14-12-39-30(49)19-43(20-31(50)40-13-15-56-37-35(54)34(53)33(52)27(22-45)58-37)18-29(48)38-11-7-3-6-10-28(47)42-41-25(21-44)17-24-8-4-2-5-9-24/h2,4-5,8-9,21,23,25-27,32-37,41,45-46,51-54H,3,6-7,10-20,22H2,1H3,(H,38,48)(H,39,49)(H,40,50)(H,42,47)/t23-,25-,26+,27+,32-,33+,34-,35-,36+,37+/m0/s1. The van der Waals surface area contributed by atoms with Crippen LogP contribution >= 0.6 is 0 Å². The molecule has 3 rings (SSSR count). The molecule has 0 unspecified atom stereocenters. The SMILES string of the molecule is C[C@H]1C[C@@H](O)[C@H](O)[C@H](OCCNC(=O)CN(CC(=O)NCCCCCC(=O)NN[C@H](C=O)Cc2ccccc2)CC(=O)NCCO[C@@H]2O[C@H](CO)[C@@H](O)[C@H](O)[C@@H]2O)O1. The fourth-order valence-corrected chi connectivity index (χ4v) is 6.10. The van der Waals surface area contributed by atoms with Crippen molar-refractivity contribution in [2.45, 2.75) is 107 Å². The summed E-state index contributed by atoms with van der Waals surface area (Å²) in [6, 6.07) is 8.79. The van der Waals surface area contributed by atoms with Gasteiger partial charge in [0, 0.05) is 32.5 Å². The van der Waals surface area contributed by atoms with E-state index in [4.69, 9.17) is 18.9 Å². The molecule has 11 N–H and O–H groups in total. The lowest BCUT2D eigenvalue weighted by molar-refractivity contribution is -0.300. The Kier molecular flexibility index (Phi) is 22.1. The number of hydrogen-bond acceptors (Lipinski definition) is 17. The summed E-state index contributed by atoms with van der Waals surface area (Å²) in [5.41, 5.74) is 6.23. The largest absolute Gasteiger partial charge is 0.394 e. The van der Waals surface area contributed by atoms with Crippen LogP contribution in [0.15, 0.2) is 30.3 Å². The van der Waals surface area contributed by atoms with E-state index in [0.29, 0.717) is 25.7 Å². The van der Waals surface area contributed by atoms with Crippen molar-refractivity contribution in [3.63, 3.8) is 0 Å². The van der Waals surface area contributed by atoms with E-state index in [0.717, 1.165) is 11.8 Å². The maximum absolute atomic E-state index is 12.8. The third-order valence-electron chi connectivity index (χ3n) is 9.24. The molecule has 0 aliphatic carbocycles. The molecule has 58 heavy (non-hydrogen) atoms. The van der Waals surface area contributed by atoms with E-state index in [1.807, 2.05) is 30.3 Å². The fourth-order valence-electron chi connectivity index (χ4n) is 6.10. The minimum atomic E-state index is -1.63. The third-order valence-corrected chi connectivity index (χ3v) is 9.24. The average Bonchev–Trinajstić information content (AvgIpc) is 3.19. The van der Waals surface area contributed by atoms with Crippen LogP contribution in [-0.4, -0.2) is 186 Å². The molecule has 0 saturated carbocycles. The molecule has 1 aromatic rings. The Hall–Kier alpha value is -3.71. The summed E-state index contributed by atoms with van der Waals surface area (Å²) >= 11 is 0. The normalized spacial score (nSPS) is 26.4. The van der Waals surface area contributed by atoms with E-state index in [1.165, 1.54) is 4.90 Å². The second kappa shape index (κ2) is 26.4. The van der Waals surface area contributed by atoms with E-state index in [1.54, 1.807) is 6.92 Å². The van der Waals surface area contributed by atoms with Crippen molar-refractivity contribution in [2.24, 2.45) is 0 Å². The van der Waals surface area contributed by atoms with Crippen molar-refractivity contribution in [3.8, 4) is 0 Å². The zero-order valence-corrected chi connectivity index (χ0v) is 32.6. The van der Waals surface area contributed by atoms with Gasteiger partial charge in [-0.2, -0.15) is 0 Å². The lowest BCUT2D eigenvalue weighted by Gasteiger charge is -2.39. The third kappa shape index (κ3) is 17.6. The molecule has 21 heteroatoms. The van der Waals surface area contributed by atoms with Crippen LogP contribution < -0.4 is 26.8 Å². The zero-order valence-electron chi connectivity index (χ0n) is 32.6. The molecule has 2 saturated heterocycles. The first kappa shape index (κ1) is 48.7. The van der Waals surface area contributed by atoms with E-state index in [9.17, 15) is 54.6 Å². The van der Waals surface area contributed by atoms with E-state index >= 15 is 0 Å². The average molecular weight is 829 g/mol. The summed E-state index contributed by atoms with van der Waals surface area (Å²) in [6.45, 7) is -0.0717. The predicted octanol–water partition coefficient (Wildman–Crippen LogP) is -4.68. The van der Waals surface area contributed by atoms with Crippen molar-refractivity contribution in [1.82, 2.24) is 31.7 Å². The number of unbranched alkanes of at least 4 members (excludes halogenated alkanes) is 2. The van der Waals surface area contributed by atoms with Crippen LogP contribution in [0, 0.1) is 0 Å². The van der Waals surface area contributed by atoms with Gasteiger partial charge in [-0.1, -0.05) is 36.8 Å². The van der Waals surface area contributed by atoms with Crippen molar-refractivity contribution in [2.75, 3.05) is 59.1 Å². The van der Waals surface area contributed by atoms with E-state index in [2.05, 4.69) is 26.8 Å². The van der Waals surface area contributed by atoms with E-state index < -0.39 is 79.6 Å². The molecular formula is C37H60N6O15. The quantitative estimate of drug-likeness (QED) is 0.0238. The number of benzene rings is 1. The zero-order chi connectivity index (χ0) is 42.5. The lowest BCUT2D eigenvalue weighted by Crippen LogP contribution is -2.59. The first-order chi connectivity index (χ1) is 27.8. The molecule has 21 nitrogen and oxygen atoms in total. The molecule has 2 fully saturated rings. The number of rotatable bonds is 26. The molecule has 0 spiro atoms. The Morgan fingerprint density at radius 1 is 0.776 bits per heavy atom. The Balaban J connectivity index is 1.40. The highest BCUT2D eigenvalue weighted by molar-refractivity contribution is 5.84. The second-order valence-electron chi connectivity index (χ2n) is 14.2. The second-order valence-corrected chi connectivity index (χ2v) is 14.2. The molecule has 0 bridgehead atoms. The molecule has 2 aliphatic rings. The fraction of sp³-hybridized carbons (Fsp3) is 0.703. The summed E-state index contributed by atoms with van der Waals surface area (Å²) < 4.78 is 21.6. The number of carbonyl (C=O) groups excluding carboxylic acids is 5. The minimum absolute atomic E-state index is 0.00312. The van der Waals surface area contributed by atoms with Gasteiger partial charge in [-0.05, 0) is 31.7 Å². The highest BCUT2D eigenvalue weighted by Gasteiger charge is 2.44. The van der Waals surface area contributed by atoms with Gasteiger partial charge in [0.2, 0.25) is 23.6 Å². The molecule has 1 aromatic carbocycles. The number of nitrogens with one attached hydrogen (secondary N) is 5. The number of aliphatic hydroxyl groups excluding tert-OH is 6. The Morgan fingerprint density at radius 3 is 1.95 bits per heavy atom. The van der Waals surface area contributed by atoms with Crippen molar-refractivity contribution in [1.29, 1.82) is 0 Å². The van der Waals surface area contributed by atoms with Gasteiger partial charge < -0.3 is 70.3 Å². The number of carbonyl (C=O) groups is 5. The first-order valence-electron chi connectivity index (χ1n) is 19.4. The molecule has 10 atom stereocenters. The Bertz CT molecular complexity index is 1400. The summed E-state index contributed by atoms with van der Waals surface area (Å²) in [5.74, 6) is -1.87. The first-order valence-corrected chi connectivity index (χ1v) is 19.4. The molecule has 0 aromatic heterocycles. The number of nitrogens with zero attached hydrogens (tertiary/aromatic N) is 1. The van der Waals surface area contributed by atoms with Crippen LogP contribution in [0.1, 0.15) is 44.6 Å². The maximum atomic E-state index is 12.8. The highest BCUT2D eigenvalue weighted by Crippen LogP contribution is 2.22. The van der Waals surface area contributed by atoms with Gasteiger partial charge in [-0.15, -0.1) is 0 Å². The van der Waals surface area contributed by atoms with Crippen molar-refractivity contribution in [3.05, 3.63) is 35.9 Å². The van der Waals surface area contributed by atoms with Crippen LogP contribution in [0.3, 0.4) is 0 Å². The molecule has 328 valence electrons.